The quantitative estimate of drug-likeness (QED) is 0.551. The minimum atomic E-state index is 0.0281. The first-order valence-electron chi connectivity index (χ1n) is 6.17. The van der Waals surface area contributed by atoms with Crippen LogP contribution in [0.4, 0.5) is 5.95 Å². The molecule has 106 valence electrons. The Hall–Kier alpha value is -2.33. The fourth-order valence-electron chi connectivity index (χ4n) is 1.82. The lowest BCUT2D eigenvalue weighted by molar-refractivity contribution is 0.0216. The average molecular weight is 278 g/mol. The zero-order valence-electron chi connectivity index (χ0n) is 10.6. The maximum Gasteiger partial charge on any atom is 0.323 e. The SMILES string of the molecule is NNc1nc(OC2CCOCC2)nc(-n2cncn2)n1. The van der Waals surface area contributed by atoms with Gasteiger partial charge in [0.1, 0.15) is 18.8 Å². The molecule has 10 heteroatoms. The summed E-state index contributed by atoms with van der Waals surface area (Å²) in [6.07, 6.45) is 4.50. The summed E-state index contributed by atoms with van der Waals surface area (Å²) in [7, 11) is 0. The van der Waals surface area contributed by atoms with Crippen LogP contribution in [0.25, 0.3) is 5.95 Å². The second kappa shape index (κ2) is 5.75. The monoisotopic (exact) mass is 278 g/mol. The third kappa shape index (κ3) is 2.81. The highest BCUT2D eigenvalue weighted by molar-refractivity contribution is 5.28. The van der Waals surface area contributed by atoms with Crippen molar-refractivity contribution in [2.24, 2.45) is 5.84 Å². The van der Waals surface area contributed by atoms with E-state index in [1.165, 1.54) is 17.3 Å². The Labute approximate surface area is 114 Å². The normalized spacial score (nSPS) is 16.1. The van der Waals surface area contributed by atoms with Crippen molar-refractivity contribution in [3.8, 4) is 12.0 Å². The third-order valence-electron chi connectivity index (χ3n) is 2.80. The molecule has 0 spiro atoms. The van der Waals surface area contributed by atoms with Crippen LogP contribution in [0.5, 0.6) is 6.01 Å². The van der Waals surface area contributed by atoms with Crippen molar-refractivity contribution in [2.45, 2.75) is 18.9 Å². The Bertz CT molecular complexity index is 554. The van der Waals surface area contributed by atoms with Gasteiger partial charge in [-0.3, -0.25) is 5.43 Å². The van der Waals surface area contributed by atoms with E-state index in [-0.39, 0.29) is 24.0 Å². The van der Waals surface area contributed by atoms with E-state index in [0.29, 0.717) is 13.2 Å². The lowest BCUT2D eigenvalue weighted by Crippen LogP contribution is -2.27. The molecule has 0 bridgehead atoms. The molecular weight excluding hydrogens is 264 g/mol. The maximum atomic E-state index is 5.74. The number of nitrogens with one attached hydrogen (secondary N) is 1. The van der Waals surface area contributed by atoms with E-state index in [2.05, 4.69) is 30.5 Å². The van der Waals surface area contributed by atoms with E-state index in [1.807, 2.05) is 0 Å². The van der Waals surface area contributed by atoms with Gasteiger partial charge in [0.05, 0.1) is 13.2 Å². The molecule has 0 saturated carbocycles. The first-order valence-corrected chi connectivity index (χ1v) is 6.17. The lowest BCUT2D eigenvalue weighted by Gasteiger charge is -2.22. The Kier molecular flexibility index (Phi) is 3.65. The molecule has 2 aromatic rings. The number of aromatic nitrogens is 6. The minimum absolute atomic E-state index is 0.0281. The number of hydrazine groups is 1. The van der Waals surface area contributed by atoms with Crippen LogP contribution in [0, 0.1) is 0 Å². The molecule has 3 N–H and O–H groups in total. The molecule has 1 aliphatic heterocycles. The molecule has 1 saturated heterocycles. The molecular formula is C10H14N8O2. The number of nitrogen functional groups attached to an aromatic ring is 1. The zero-order chi connectivity index (χ0) is 13.8. The maximum absolute atomic E-state index is 5.74. The first kappa shape index (κ1) is 12.7. The van der Waals surface area contributed by atoms with Gasteiger partial charge in [0.15, 0.2) is 0 Å². The number of nitrogens with two attached hydrogens (primary N) is 1. The van der Waals surface area contributed by atoms with Crippen molar-refractivity contribution in [3.05, 3.63) is 12.7 Å². The summed E-state index contributed by atoms with van der Waals surface area (Å²) in [4.78, 5) is 16.2. The molecule has 2 aromatic heterocycles. The molecule has 1 fully saturated rings. The molecule has 0 radical (unpaired) electrons. The largest absolute Gasteiger partial charge is 0.460 e. The topological polar surface area (TPSA) is 126 Å². The van der Waals surface area contributed by atoms with E-state index >= 15 is 0 Å². The van der Waals surface area contributed by atoms with Gasteiger partial charge in [-0.2, -0.15) is 24.7 Å². The molecule has 0 unspecified atom stereocenters. The molecule has 3 heterocycles. The Morgan fingerprint density at radius 3 is 2.85 bits per heavy atom. The summed E-state index contributed by atoms with van der Waals surface area (Å²) >= 11 is 0. The van der Waals surface area contributed by atoms with Crippen LogP contribution in [0.3, 0.4) is 0 Å². The van der Waals surface area contributed by atoms with Crippen LogP contribution in [0.2, 0.25) is 0 Å². The molecule has 10 nitrogen and oxygen atoms in total. The van der Waals surface area contributed by atoms with Gasteiger partial charge in [-0.05, 0) is 0 Å². The highest BCUT2D eigenvalue weighted by Crippen LogP contribution is 2.16. The van der Waals surface area contributed by atoms with Crippen molar-refractivity contribution >= 4 is 5.95 Å². The van der Waals surface area contributed by atoms with Crippen LogP contribution >= 0.6 is 0 Å². The number of hydrogen-bond acceptors (Lipinski definition) is 9. The van der Waals surface area contributed by atoms with Gasteiger partial charge in [0.2, 0.25) is 5.95 Å². The highest BCUT2D eigenvalue weighted by Gasteiger charge is 2.18. The van der Waals surface area contributed by atoms with E-state index < -0.39 is 0 Å². The van der Waals surface area contributed by atoms with Gasteiger partial charge in [-0.25, -0.2) is 10.8 Å². The molecule has 0 atom stereocenters. The predicted molar refractivity (Wildman–Crippen MR) is 67.0 cm³/mol. The molecule has 1 aliphatic rings. The third-order valence-corrected chi connectivity index (χ3v) is 2.80. The van der Waals surface area contributed by atoms with Crippen LogP contribution < -0.4 is 16.0 Å². The van der Waals surface area contributed by atoms with Crippen LogP contribution in [0.1, 0.15) is 12.8 Å². The van der Waals surface area contributed by atoms with Gasteiger partial charge in [-0.1, -0.05) is 0 Å². The van der Waals surface area contributed by atoms with Gasteiger partial charge in [0, 0.05) is 12.8 Å². The number of hydrogen-bond donors (Lipinski definition) is 2. The minimum Gasteiger partial charge on any atom is -0.460 e. The fraction of sp³-hybridized carbons (Fsp3) is 0.500. The summed E-state index contributed by atoms with van der Waals surface area (Å²) in [5.41, 5.74) is 2.38. The number of anilines is 1. The Morgan fingerprint density at radius 2 is 2.15 bits per heavy atom. The number of ether oxygens (including phenoxy) is 2. The predicted octanol–water partition coefficient (Wildman–Crippen LogP) is -0.704. The zero-order valence-corrected chi connectivity index (χ0v) is 10.6. The summed E-state index contributed by atoms with van der Waals surface area (Å²) in [6.45, 7) is 1.35. The molecule has 0 aromatic carbocycles. The second-order valence-electron chi connectivity index (χ2n) is 4.16. The first-order chi connectivity index (χ1) is 9.85. The summed E-state index contributed by atoms with van der Waals surface area (Å²) < 4.78 is 12.4. The fourth-order valence-corrected chi connectivity index (χ4v) is 1.82. The Morgan fingerprint density at radius 1 is 1.30 bits per heavy atom. The molecule has 0 aliphatic carbocycles. The van der Waals surface area contributed by atoms with E-state index in [0.717, 1.165) is 12.8 Å². The van der Waals surface area contributed by atoms with Gasteiger partial charge < -0.3 is 9.47 Å². The van der Waals surface area contributed by atoms with Crippen LogP contribution in [0.15, 0.2) is 12.7 Å². The van der Waals surface area contributed by atoms with Crippen molar-refractivity contribution in [3.63, 3.8) is 0 Å². The van der Waals surface area contributed by atoms with Gasteiger partial charge in [-0.15, -0.1) is 0 Å². The number of rotatable bonds is 4. The average Bonchev–Trinajstić information content (AvgIpc) is 3.02. The molecule has 3 rings (SSSR count). The van der Waals surface area contributed by atoms with Gasteiger partial charge in [0.25, 0.3) is 5.95 Å². The second-order valence-corrected chi connectivity index (χ2v) is 4.16. The summed E-state index contributed by atoms with van der Waals surface area (Å²) in [6, 6.07) is 0.199. The van der Waals surface area contributed by atoms with Crippen molar-refractivity contribution in [2.75, 3.05) is 18.6 Å². The van der Waals surface area contributed by atoms with Gasteiger partial charge >= 0.3 is 6.01 Å². The summed E-state index contributed by atoms with van der Waals surface area (Å²) in [5.74, 6) is 5.84. The molecule has 0 amide bonds. The van der Waals surface area contributed by atoms with Crippen molar-refractivity contribution in [1.29, 1.82) is 0 Å². The van der Waals surface area contributed by atoms with E-state index in [1.54, 1.807) is 0 Å². The summed E-state index contributed by atoms with van der Waals surface area (Å²) in [5, 5.41) is 3.96. The smallest absolute Gasteiger partial charge is 0.323 e. The number of nitrogens with zero attached hydrogens (tertiary/aromatic N) is 6. The van der Waals surface area contributed by atoms with E-state index in [9.17, 15) is 0 Å². The highest BCUT2D eigenvalue weighted by atomic mass is 16.5. The lowest BCUT2D eigenvalue weighted by atomic mass is 10.2. The standard InChI is InChI=1S/C10H14N8O2/c11-17-8-14-9(18-6-12-5-13-18)16-10(15-8)20-7-1-3-19-4-2-7/h5-7H,1-4,11H2,(H,14,15,16,17). The van der Waals surface area contributed by atoms with Crippen molar-refractivity contribution < 1.29 is 9.47 Å². The van der Waals surface area contributed by atoms with Crippen molar-refractivity contribution in [1.82, 2.24) is 29.7 Å². The van der Waals surface area contributed by atoms with Crippen LogP contribution in [-0.2, 0) is 4.74 Å². The Balaban J connectivity index is 1.84. The molecule has 20 heavy (non-hydrogen) atoms. The van der Waals surface area contributed by atoms with Crippen LogP contribution in [-0.4, -0.2) is 49.0 Å². The van der Waals surface area contributed by atoms with E-state index in [4.69, 9.17) is 15.3 Å².